The fourth-order valence-corrected chi connectivity index (χ4v) is 5.52. The highest BCUT2D eigenvalue weighted by molar-refractivity contribution is 7.15. The number of nitrogens with zero attached hydrogens (tertiary/aromatic N) is 3. The molecule has 5 rings (SSSR count). The maximum Gasteiger partial charge on any atom is 0.341 e. The Morgan fingerprint density at radius 3 is 2.46 bits per heavy atom. The first-order chi connectivity index (χ1) is 16.8. The summed E-state index contributed by atoms with van der Waals surface area (Å²) in [5.41, 5.74) is 2.57. The van der Waals surface area contributed by atoms with Gasteiger partial charge in [-0.2, -0.15) is 0 Å². The summed E-state index contributed by atoms with van der Waals surface area (Å²) < 4.78 is 8.09. The summed E-state index contributed by atoms with van der Waals surface area (Å²) in [6, 6.07) is 8.96. The van der Waals surface area contributed by atoms with Gasteiger partial charge in [0.1, 0.15) is 11.3 Å². The van der Waals surface area contributed by atoms with E-state index in [2.05, 4.69) is 11.9 Å². The summed E-state index contributed by atoms with van der Waals surface area (Å²) in [6.45, 7) is 5.99. The summed E-state index contributed by atoms with van der Waals surface area (Å²) in [5, 5.41) is 11.9. The van der Waals surface area contributed by atoms with Crippen LogP contribution in [-0.4, -0.2) is 32.4 Å². The lowest BCUT2D eigenvalue weighted by Gasteiger charge is -2.32. The molecule has 1 aliphatic carbocycles. The van der Waals surface area contributed by atoms with Crippen LogP contribution < -0.4 is 4.90 Å². The van der Waals surface area contributed by atoms with Crippen molar-refractivity contribution in [3.05, 3.63) is 53.7 Å². The molecule has 3 aromatic heterocycles. The van der Waals surface area contributed by atoms with Crippen molar-refractivity contribution in [3.8, 4) is 22.6 Å². The first-order valence-corrected chi connectivity index (χ1v) is 12.9. The zero-order valence-corrected chi connectivity index (χ0v) is 20.9. The number of benzene rings is 1. The van der Waals surface area contributed by atoms with Gasteiger partial charge in [0.25, 0.3) is 0 Å². The van der Waals surface area contributed by atoms with Crippen molar-refractivity contribution < 1.29 is 19.1 Å². The number of aromatic carboxylic acids is 1. The van der Waals surface area contributed by atoms with Crippen LogP contribution in [0.2, 0.25) is 0 Å². The number of anilines is 1. The van der Waals surface area contributed by atoms with Crippen LogP contribution in [0.15, 0.2) is 52.5 Å². The van der Waals surface area contributed by atoms with E-state index in [4.69, 9.17) is 4.42 Å². The molecule has 1 amide bonds. The zero-order valence-electron chi connectivity index (χ0n) is 20.1. The molecule has 8 heteroatoms. The number of imidazole rings is 1. The molecule has 182 valence electrons. The third kappa shape index (κ3) is 4.50. The van der Waals surface area contributed by atoms with Crippen LogP contribution in [-0.2, 0) is 4.79 Å². The van der Waals surface area contributed by atoms with Crippen LogP contribution >= 0.6 is 11.3 Å². The number of furan rings is 1. The smallest absolute Gasteiger partial charge is 0.341 e. The summed E-state index contributed by atoms with van der Waals surface area (Å²) in [4.78, 5) is 32.7. The highest BCUT2D eigenvalue weighted by atomic mass is 32.1. The minimum atomic E-state index is -1.11. The SMILES string of the molecule is CC(C)N(c1oc(-c2ccc(-c3cn4ccsc4n3)cc2)cc1C(=O)O)C(=O)[C@H]1CC[C@H](C)CC1. The molecule has 4 aromatic rings. The first-order valence-electron chi connectivity index (χ1n) is 12.0. The van der Waals surface area contributed by atoms with Crippen molar-refractivity contribution in [2.75, 3.05) is 4.90 Å². The van der Waals surface area contributed by atoms with E-state index in [9.17, 15) is 14.7 Å². The number of carbonyl (C=O) groups is 2. The third-order valence-corrected chi connectivity index (χ3v) is 7.61. The van der Waals surface area contributed by atoms with Gasteiger partial charge in [0.15, 0.2) is 4.96 Å². The summed E-state index contributed by atoms with van der Waals surface area (Å²) in [6.07, 6.45) is 7.63. The van der Waals surface area contributed by atoms with Crippen LogP contribution in [0.25, 0.3) is 27.5 Å². The zero-order chi connectivity index (χ0) is 24.7. The first kappa shape index (κ1) is 23.4. The van der Waals surface area contributed by atoms with Gasteiger partial charge in [-0.05, 0) is 45.4 Å². The summed E-state index contributed by atoms with van der Waals surface area (Å²) in [7, 11) is 0. The average Bonchev–Trinajstić information content (AvgIpc) is 3.55. The van der Waals surface area contributed by atoms with Gasteiger partial charge in [-0.1, -0.05) is 31.2 Å². The molecular weight excluding hydrogens is 462 g/mol. The molecule has 1 saturated carbocycles. The number of hydrogen-bond acceptors (Lipinski definition) is 5. The third-order valence-electron chi connectivity index (χ3n) is 6.84. The predicted octanol–water partition coefficient (Wildman–Crippen LogP) is 6.59. The number of carboxylic acids is 1. The Hall–Kier alpha value is -3.39. The molecule has 0 aliphatic heterocycles. The number of carboxylic acid groups (broad SMARTS) is 1. The fraction of sp³-hybridized carbons (Fsp3) is 0.370. The molecule has 0 spiro atoms. The van der Waals surface area contributed by atoms with Crippen LogP contribution in [0, 0.1) is 11.8 Å². The molecule has 1 N–H and O–H groups in total. The van der Waals surface area contributed by atoms with Gasteiger partial charge < -0.3 is 9.52 Å². The Morgan fingerprint density at radius 2 is 1.83 bits per heavy atom. The van der Waals surface area contributed by atoms with Crippen molar-refractivity contribution in [2.45, 2.75) is 52.5 Å². The fourth-order valence-electron chi connectivity index (χ4n) is 4.82. The minimum Gasteiger partial charge on any atom is -0.477 e. The van der Waals surface area contributed by atoms with Crippen molar-refractivity contribution in [3.63, 3.8) is 0 Å². The molecule has 3 heterocycles. The van der Waals surface area contributed by atoms with Gasteiger partial charge in [-0.25, -0.2) is 9.78 Å². The highest BCUT2D eigenvalue weighted by Crippen LogP contribution is 2.37. The second-order valence-electron chi connectivity index (χ2n) is 9.69. The second-order valence-corrected chi connectivity index (χ2v) is 10.6. The predicted molar refractivity (Wildman–Crippen MR) is 137 cm³/mol. The standard InChI is InChI=1S/C27H29N3O4S/c1-16(2)30(24(31)20-6-4-17(3)5-7-20)25-21(26(32)33)14-23(34-25)19-10-8-18(9-11-19)22-15-29-12-13-35-27(29)28-22/h8-17,20H,4-7H2,1-3H3,(H,32,33)/t17-,20-. The Morgan fingerprint density at radius 1 is 1.14 bits per heavy atom. The Balaban J connectivity index is 1.46. The van der Waals surface area contributed by atoms with Gasteiger partial charge in [0.2, 0.25) is 11.8 Å². The van der Waals surface area contributed by atoms with E-state index in [0.717, 1.165) is 47.5 Å². The lowest BCUT2D eigenvalue weighted by Crippen LogP contribution is -2.42. The van der Waals surface area contributed by atoms with E-state index in [0.29, 0.717) is 11.7 Å². The van der Waals surface area contributed by atoms with E-state index in [1.165, 1.54) is 6.07 Å². The number of amides is 1. The number of aromatic nitrogens is 2. The van der Waals surface area contributed by atoms with Crippen LogP contribution in [0.3, 0.4) is 0 Å². The molecule has 0 bridgehead atoms. The van der Waals surface area contributed by atoms with E-state index < -0.39 is 5.97 Å². The monoisotopic (exact) mass is 491 g/mol. The molecule has 35 heavy (non-hydrogen) atoms. The Kier molecular flexibility index (Phi) is 6.23. The van der Waals surface area contributed by atoms with Crippen LogP contribution in [0.5, 0.6) is 0 Å². The lowest BCUT2D eigenvalue weighted by molar-refractivity contribution is -0.124. The van der Waals surface area contributed by atoms with E-state index >= 15 is 0 Å². The number of carbonyl (C=O) groups excluding carboxylic acids is 1. The van der Waals surface area contributed by atoms with Gasteiger partial charge in [-0.3, -0.25) is 14.1 Å². The van der Waals surface area contributed by atoms with Crippen LogP contribution in [0.4, 0.5) is 5.88 Å². The van der Waals surface area contributed by atoms with E-state index in [1.807, 2.05) is 60.3 Å². The molecule has 1 aromatic carbocycles. The number of fused-ring (bicyclic) bond motifs is 1. The van der Waals surface area contributed by atoms with Crippen molar-refractivity contribution in [2.24, 2.45) is 11.8 Å². The average molecular weight is 492 g/mol. The molecule has 1 fully saturated rings. The Bertz CT molecular complexity index is 1330. The quantitative estimate of drug-likeness (QED) is 0.329. The molecule has 0 saturated heterocycles. The van der Waals surface area contributed by atoms with Crippen molar-refractivity contribution in [1.82, 2.24) is 9.38 Å². The molecule has 0 radical (unpaired) electrons. The largest absolute Gasteiger partial charge is 0.477 e. The number of hydrogen-bond donors (Lipinski definition) is 1. The van der Waals surface area contributed by atoms with Crippen LogP contribution in [0.1, 0.15) is 56.8 Å². The normalized spacial score (nSPS) is 18.3. The van der Waals surface area contributed by atoms with Crippen molar-refractivity contribution >= 4 is 34.1 Å². The second kappa shape index (κ2) is 9.34. The molecule has 0 unspecified atom stereocenters. The van der Waals surface area contributed by atoms with Crippen molar-refractivity contribution in [1.29, 1.82) is 0 Å². The maximum absolute atomic E-state index is 13.5. The highest BCUT2D eigenvalue weighted by Gasteiger charge is 2.34. The molecule has 0 atom stereocenters. The van der Waals surface area contributed by atoms with Gasteiger partial charge in [0, 0.05) is 46.9 Å². The topological polar surface area (TPSA) is 88.1 Å². The molecule has 1 aliphatic rings. The summed E-state index contributed by atoms with van der Waals surface area (Å²) in [5.74, 6) is -0.105. The Labute approximate surface area is 208 Å². The summed E-state index contributed by atoms with van der Waals surface area (Å²) >= 11 is 1.58. The van der Waals surface area contributed by atoms with Gasteiger partial charge >= 0.3 is 5.97 Å². The number of thiazole rings is 1. The molecule has 7 nitrogen and oxygen atoms in total. The van der Waals surface area contributed by atoms with E-state index in [1.54, 1.807) is 16.2 Å². The maximum atomic E-state index is 13.5. The van der Waals surface area contributed by atoms with E-state index in [-0.39, 0.29) is 29.3 Å². The number of rotatable bonds is 6. The lowest BCUT2D eigenvalue weighted by atomic mass is 9.82. The van der Waals surface area contributed by atoms with Gasteiger partial charge in [0.05, 0.1) is 5.69 Å². The molecular formula is C27H29N3O4S. The van der Waals surface area contributed by atoms with Gasteiger partial charge in [-0.15, -0.1) is 11.3 Å². The minimum absolute atomic E-state index is 0.00430.